The summed E-state index contributed by atoms with van der Waals surface area (Å²) in [4.78, 5) is 45.9. The number of Topliss-reactive ketones (excluding diaryl/α,β-unsaturated/α-hetero) is 3. The van der Waals surface area contributed by atoms with Crippen LogP contribution >= 0.6 is 10.9 Å². The predicted molar refractivity (Wildman–Crippen MR) is 418 cm³/mol. The molecule has 634 valence electrons. The Labute approximate surface area is 659 Å². The second-order valence-corrected chi connectivity index (χ2v) is 46.8. The first kappa shape index (κ1) is 87.9. The van der Waals surface area contributed by atoms with Crippen LogP contribution in [0.3, 0.4) is 0 Å². The summed E-state index contributed by atoms with van der Waals surface area (Å²) in [5, 5.41) is -4.48. The molecular formula is C81H136O24S5. The van der Waals surface area contributed by atoms with E-state index in [1.807, 2.05) is 0 Å². The van der Waals surface area contributed by atoms with Gasteiger partial charge in [0.05, 0.1) is 116 Å². The molecule has 0 aliphatic heterocycles. The van der Waals surface area contributed by atoms with Gasteiger partial charge in [-0.15, -0.1) is 0 Å². The molecular weight excluding hydrogens is 1520 g/mol. The summed E-state index contributed by atoms with van der Waals surface area (Å²) in [6.45, 7) is 7.16. The summed E-state index contributed by atoms with van der Waals surface area (Å²) in [7, 11) is -18.2. The Morgan fingerprint density at radius 1 is 0.327 bits per heavy atom. The fourth-order valence-corrected chi connectivity index (χ4v) is 29.3. The van der Waals surface area contributed by atoms with Gasteiger partial charge in [0, 0.05) is 49.2 Å². The Kier molecular flexibility index (Phi) is 30.3. The van der Waals surface area contributed by atoms with Crippen molar-refractivity contribution in [3.63, 3.8) is 0 Å². The van der Waals surface area contributed by atoms with Gasteiger partial charge in [0.15, 0.2) is 9.84 Å². The number of carbonyl (C=O) groups is 3. The fourth-order valence-electron chi connectivity index (χ4n) is 23.3. The summed E-state index contributed by atoms with van der Waals surface area (Å²) in [5.41, 5.74) is -0.291. The Balaban J connectivity index is 0.736. The van der Waals surface area contributed by atoms with Gasteiger partial charge in [-0.25, -0.2) is 8.42 Å². The predicted octanol–water partition coefficient (Wildman–Crippen LogP) is 14.9. The van der Waals surface area contributed by atoms with Crippen LogP contribution in [-0.4, -0.2) is 197 Å². The SMILES string of the molecule is COC1CCC(C(C)(C)C2CCC(OC3CCC(S(=O)(=O)C4CCC(C)CC4C(=O)C4CCC(OC5CCC(S(=O)(=O)O)CC5)CC4)CC3OCC3CCC(OC4CCC(S(=O)(=O)O)CC4)CC3)C(C(=O)C3CCC(OC4CCC(S(=O)(=O)O)CC4)CC3)C2)CC1C(=O)C1CCC(OC2CCC(S(O)(O)O)CC2)CC1. The minimum Gasteiger partial charge on any atom is -0.381 e. The van der Waals surface area contributed by atoms with Crippen LogP contribution in [0, 0.1) is 64.6 Å². The van der Waals surface area contributed by atoms with Gasteiger partial charge in [-0.1, -0.05) is 20.8 Å². The maximum atomic E-state index is 15.9. The lowest BCUT2D eigenvalue weighted by Crippen LogP contribution is -2.52. The molecule has 0 aromatic heterocycles. The standard InChI is InChI=1S/C81H136O24S5/c1-50-5-44-77(72(45-50)80(84)54-12-22-60(23-13-54)104-64-30-38-68(39-31-64)110(96,97)98)106(85,86)69-40-43-75(76(48-69)100-49-51-6-16-57(17-7-51)101-61-24-32-65(33-25-61)107(87,88)89)105-74-42-15-56(47-71(74)79(83)53-10-20-59(21-11-53)103-63-28-36-67(37-29-63)109(93,94)95)81(2,3)55-14-41-73(99-4)70(46-55)78(82)52-8-18-58(19-9-52)102-62-26-34-66(35-27-62)108(90,91)92/h50-77,90-92H,5-49H2,1-4H3,(H,87,88,89)(H,93,94,95)(H,96,97,98). The summed E-state index contributed by atoms with van der Waals surface area (Å²) >= 11 is 0. The molecule has 12 unspecified atom stereocenters. The highest BCUT2D eigenvalue weighted by molar-refractivity contribution is 8.19. The molecule has 0 bridgehead atoms. The van der Waals surface area contributed by atoms with Crippen LogP contribution in [0.15, 0.2) is 0 Å². The molecule has 110 heavy (non-hydrogen) atoms. The van der Waals surface area contributed by atoms with E-state index in [0.29, 0.717) is 212 Å². The van der Waals surface area contributed by atoms with Gasteiger partial charge in [0.25, 0.3) is 30.4 Å². The molecule has 24 nitrogen and oxygen atoms in total. The third-order valence-corrected chi connectivity index (χ3v) is 38.4. The van der Waals surface area contributed by atoms with Gasteiger partial charge >= 0.3 is 0 Å². The highest BCUT2D eigenvalue weighted by Crippen LogP contribution is 2.55. The number of ether oxygens (including phenoxy) is 7. The van der Waals surface area contributed by atoms with Crippen molar-refractivity contribution in [1.29, 1.82) is 0 Å². The third-order valence-electron chi connectivity index (χ3n) is 30.4. The van der Waals surface area contributed by atoms with Crippen LogP contribution in [0.1, 0.15) is 303 Å². The molecule has 0 radical (unpaired) electrons. The molecule has 12 rings (SSSR count). The molecule has 12 saturated carbocycles. The van der Waals surface area contributed by atoms with E-state index < -0.39 is 113 Å². The number of rotatable bonds is 28. The van der Waals surface area contributed by atoms with E-state index in [0.717, 1.165) is 70.6 Å². The highest BCUT2D eigenvalue weighted by atomic mass is 32.3. The number of sulfone groups is 1. The van der Waals surface area contributed by atoms with E-state index in [1.54, 1.807) is 7.11 Å². The summed E-state index contributed by atoms with van der Waals surface area (Å²) < 4.78 is 209. The lowest BCUT2D eigenvalue weighted by atomic mass is 9.56. The number of ketones is 3. The van der Waals surface area contributed by atoms with E-state index in [9.17, 15) is 57.4 Å². The van der Waals surface area contributed by atoms with E-state index in [1.165, 1.54) is 0 Å². The fraction of sp³-hybridized carbons (Fsp3) is 0.963. The topological polar surface area (TPSA) is 374 Å². The molecule has 0 aromatic rings. The molecule has 0 saturated heterocycles. The first-order chi connectivity index (χ1) is 52.1. The van der Waals surface area contributed by atoms with Gasteiger partial charge in [-0.05, 0) is 312 Å². The number of carbonyl (C=O) groups excluding carboxylic acids is 3. The van der Waals surface area contributed by atoms with Crippen molar-refractivity contribution in [1.82, 2.24) is 0 Å². The normalized spacial score (nSPS) is 41.7. The average Bonchev–Trinajstić information content (AvgIpc) is 0.767. The van der Waals surface area contributed by atoms with Crippen molar-refractivity contribution in [3.05, 3.63) is 0 Å². The summed E-state index contributed by atoms with van der Waals surface area (Å²) in [6.07, 6.45) is 23.3. The lowest BCUT2D eigenvalue weighted by Gasteiger charge is -2.50. The monoisotopic (exact) mass is 1650 g/mol. The molecule has 12 aliphatic carbocycles. The van der Waals surface area contributed by atoms with Crippen molar-refractivity contribution in [2.45, 2.75) is 408 Å². The molecule has 6 N–H and O–H groups in total. The maximum Gasteiger partial charge on any atom is 0.267 e. The van der Waals surface area contributed by atoms with Crippen LogP contribution in [0.5, 0.6) is 0 Å². The average molecular weight is 1650 g/mol. The summed E-state index contributed by atoms with van der Waals surface area (Å²) in [6, 6.07) is 0. The molecule has 12 aliphatic rings. The number of hydrogen-bond donors (Lipinski definition) is 6. The minimum atomic E-state index is -4.13. The van der Waals surface area contributed by atoms with Gasteiger partial charge in [0.2, 0.25) is 0 Å². The van der Waals surface area contributed by atoms with Gasteiger partial charge in [0.1, 0.15) is 17.3 Å². The molecule has 0 aromatic carbocycles. The Bertz CT molecular complexity index is 3450. The van der Waals surface area contributed by atoms with E-state index in [4.69, 9.17) is 33.2 Å². The zero-order chi connectivity index (χ0) is 78.7. The minimum absolute atomic E-state index is 0.00478. The maximum absolute atomic E-state index is 15.9. The quantitative estimate of drug-likeness (QED) is 0.0396. The molecule has 29 heteroatoms. The van der Waals surface area contributed by atoms with Crippen LogP contribution in [0.25, 0.3) is 0 Å². The van der Waals surface area contributed by atoms with Crippen molar-refractivity contribution in [3.8, 4) is 0 Å². The first-order valence-electron chi connectivity index (χ1n) is 43.2. The lowest BCUT2D eigenvalue weighted by molar-refractivity contribution is -0.164. The largest absolute Gasteiger partial charge is 0.381 e. The van der Waals surface area contributed by atoms with E-state index in [-0.39, 0.29) is 131 Å². The molecule has 12 fully saturated rings. The summed E-state index contributed by atoms with van der Waals surface area (Å²) in [5.74, 6) is -1.02. The van der Waals surface area contributed by atoms with Crippen molar-refractivity contribution >= 4 is 68.4 Å². The zero-order valence-corrected chi connectivity index (χ0v) is 70.1. The van der Waals surface area contributed by atoms with Gasteiger partial charge in [-0.2, -0.15) is 25.3 Å². The molecule has 0 heterocycles. The Morgan fingerprint density at radius 3 is 1.03 bits per heavy atom. The van der Waals surface area contributed by atoms with Crippen molar-refractivity contribution in [2.24, 2.45) is 64.6 Å². The van der Waals surface area contributed by atoms with Crippen LogP contribution in [0.4, 0.5) is 0 Å². The third kappa shape index (κ3) is 22.6. The smallest absolute Gasteiger partial charge is 0.267 e. The highest BCUT2D eigenvalue weighted by Gasteiger charge is 2.54. The zero-order valence-electron chi connectivity index (χ0n) is 66.1. The second kappa shape index (κ2) is 37.9. The van der Waals surface area contributed by atoms with Crippen LogP contribution < -0.4 is 0 Å². The molecule has 12 atom stereocenters. The molecule has 0 amide bonds. The van der Waals surface area contributed by atoms with Gasteiger partial charge < -0.3 is 46.8 Å². The Morgan fingerprint density at radius 2 is 0.655 bits per heavy atom. The number of hydrogen-bond acceptors (Lipinski definition) is 21. The number of methoxy groups -OCH3 is 1. The first-order valence-corrected chi connectivity index (χ1v) is 50.9. The second-order valence-electron chi connectivity index (χ2n) is 37.5. The van der Waals surface area contributed by atoms with Crippen molar-refractivity contribution in [2.75, 3.05) is 13.7 Å². The van der Waals surface area contributed by atoms with E-state index in [2.05, 4.69) is 20.8 Å². The van der Waals surface area contributed by atoms with Crippen LogP contribution in [0.2, 0.25) is 0 Å². The van der Waals surface area contributed by atoms with Crippen molar-refractivity contribution < 1.29 is 109 Å². The molecule has 0 spiro atoms. The Hall–Kier alpha value is -1.36. The van der Waals surface area contributed by atoms with E-state index >= 15 is 18.0 Å². The van der Waals surface area contributed by atoms with Crippen LogP contribution in [-0.2, 0) is 87.7 Å². The van der Waals surface area contributed by atoms with Gasteiger partial charge in [-0.3, -0.25) is 28.0 Å².